The second-order valence-corrected chi connectivity index (χ2v) is 4.38. The Morgan fingerprint density at radius 3 is 2.87 bits per heavy atom. The van der Waals surface area contributed by atoms with E-state index in [9.17, 15) is 0 Å². The first-order chi connectivity index (χ1) is 6.92. The summed E-state index contributed by atoms with van der Waals surface area (Å²) in [4.78, 5) is 4.43. The Labute approximate surface area is 95.2 Å². The molecule has 1 saturated carbocycles. The van der Waals surface area contributed by atoms with Crippen molar-refractivity contribution in [1.82, 2.24) is 15.5 Å². The van der Waals surface area contributed by atoms with Crippen LogP contribution in [0.25, 0.3) is 0 Å². The van der Waals surface area contributed by atoms with Gasteiger partial charge in [0.25, 0.3) is 0 Å². The van der Waals surface area contributed by atoms with Crippen molar-refractivity contribution >= 4 is 12.4 Å². The first-order valence-corrected chi connectivity index (χ1v) is 5.45. The highest BCUT2D eigenvalue weighted by Gasteiger charge is 2.29. The van der Waals surface area contributed by atoms with E-state index in [2.05, 4.69) is 15.5 Å². The lowest BCUT2D eigenvalue weighted by molar-refractivity contribution is 0.353. The van der Waals surface area contributed by atoms with E-state index in [1.54, 1.807) is 0 Å². The van der Waals surface area contributed by atoms with Crippen LogP contribution >= 0.6 is 12.4 Å². The van der Waals surface area contributed by atoms with E-state index < -0.39 is 0 Å². The number of hydrogen-bond acceptors (Lipinski definition) is 4. The van der Waals surface area contributed by atoms with Crippen molar-refractivity contribution in [2.24, 2.45) is 5.92 Å². The Morgan fingerprint density at radius 2 is 2.20 bits per heavy atom. The van der Waals surface area contributed by atoms with Crippen molar-refractivity contribution < 1.29 is 4.52 Å². The van der Waals surface area contributed by atoms with Crippen LogP contribution in [0.1, 0.15) is 36.9 Å². The number of nitrogens with zero attached hydrogens (tertiary/aromatic N) is 2. The first-order valence-electron chi connectivity index (χ1n) is 5.45. The van der Waals surface area contributed by atoms with E-state index in [1.165, 1.54) is 19.3 Å². The molecule has 84 valence electrons. The van der Waals surface area contributed by atoms with Crippen LogP contribution in [0.4, 0.5) is 0 Å². The average molecular weight is 230 g/mol. The third-order valence-corrected chi connectivity index (χ3v) is 3.05. The Hall–Kier alpha value is -0.610. The summed E-state index contributed by atoms with van der Waals surface area (Å²) in [7, 11) is 0. The second kappa shape index (κ2) is 4.49. The second-order valence-electron chi connectivity index (χ2n) is 4.38. The average Bonchev–Trinajstić information content (AvgIpc) is 2.75. The van der Waals surface area contributed by atoms with Gasteiger partial charge in [-0.25, -0.2) is 0 Å². The molecular formula is C10H16ClN3O. The molecule has 0 amide bonds. The fraction of sp³-hybridized carbons (Fsp3) is 0.800. The van der Waals surface area contributed by atoms with Crippen molar-refractivity contribution in [3.63, 3.8) is 0 Å². The van der Waals surface area contributed by atoms with E-state index in [1.807, 2.05) is 0 Å². The Morgan fingerprint density at radius 1 is 1.33 bits per heavy atom. The predicted octanol–water partition coefficient (Wildman–Crippen LogP) is 1.52. The van der Waals surface area contributed by atoms with E-state index in [-0.39, 0.29) is 12.4 Å². The van der Waals surface area contributed by atoms with Crippen LogP contribution in [-0.4, -0.2) is 23.2 Å². The Bertz CT molecular complexity index is 318. The molecule has 0 aromatic carbocycles. The van der Waals surface area contributed by atoms with E-state index in [4.69, 9.17) is 4.52 Å². The lowest BCUT2D eigenvalue weighted by Gasteiger charge is -2.01. The highest BCUT2D eigenvalue weighted by Crippen LogP contribution is 2.38. The summed E-state index contributed by atoms with van der Waals surface area (Å²) in [6.07, 6.45) is 4.67. The van der Waals surface area contributed by atoms with E-state index in [0.717, 1.165) is 31.2 Å². The van der Waals surface area contributed by atoms with Crippen LogP contribution in [-0.2, 0) is 6.42 Å². The maximum absolute atomic E-state index is 5.24. The molecule has 5 heteroatoms. The molecule has 1 saturated heterocycles. The monoisotopic (exact) mass is 229 g/mol. The van der Waals surface area contributed by atoms with Gasteiger partial charge in [0, 0.05) is 12.3 Å². The minimum Gasteiger partial charge on any atom is -0.339 e. The summed E-state index contributed by atoms with van der Waals surface area (Å²) in [6.45, 7) is 2.23. The van der Waals surface area contributed by atoms with Crippen molar-refractivity contribution in [3.05, 3.63) is 11.7 Å². The van der Waals surface area contributed by atoms with Crippen LogP contribution in [0.15, 0.2) is 4.52 Å². The molecule has 15 heavy (non-hydrogen) atoms. The highest BCUT2D eigenvalue weighted by molar-refractivity contribution is 5.85. The zero-order valence-electron chi connectivity index (χ0n) is 8.61. The molecule has 0 bridgehead atoms. The number of aromatic nitrogens is 2. The molecule has 1 N–H and O–H groups in total. The number of rotatable bonds is 3. The van der Waals surface area contributed by atoms with E-state index in [0.29, 0.717) is 11.8 Å². The summed E-state index contributed by atoms with van der Waals surface area (Å²) in [5.74, 6) is 3.07. The zero-order chi connectivity index (χ0) is 9.38. The van der Waals surface area contributed by atoms with Crippen LogP contribution in [0, 0.1) is 5.92 Å². The lowest BCUT2D eigenvalue weighted by atomic mass is 10.1. The summed E-state index contributed by atoms with van der Waals surface area (Å²) < 4.78 is 5.24. The van der Waals surface area contributed by atoms with Gasteiger partial charge in [-0.05, 0) is 38.3 Å². The summed E-state index contributed by atoms with van der Waals surface area (Å²) >= 11 is 0. The maximum atomic E-state index is 5.24. The molecule has 4 nitrogen and oxygen atoms in total. The number of hydrogen-bond donors (Lipinski definition) is 1. The molecule has 0 radical (unpaired) electrons. The first kappa shape index (κ1) is 10.9. The standard InChI is InChI=1S/C10H15N3O.ClH/c1-2-8(1)10-12-9(14-13-10)5-7-3-4-11-6-7;/h7-8,11H,1-6H2;1H/t7-;/m0./s1. The van der Waals surface area contributed by atoms with Gasteiger partial charge in [0.05, 0.1) is 0 Å². The molecule has 1 aromatic rings. The summed E-state index contributed by atoms with van der Waals surface area (Å²) in [5.41, 5.74) is 0. The number of nitrogens with one attached hydrogen (secondary N) is 1. The molecule has 1 atom stereocenters. The largest absolute Gasteiger partial charge is 0.339 e. The molecule has 3 rings (SSSR count). The van der Waals surface area contributed by atoms with Crippen LogP contribution in [0.3, 0.4) is 0 Å². The van der Waals surface area contributed by atoms with Gasteiger partial charge in [-0.15, -0.1) is 12.4 Å². The van der Waals surface area contributed by atoms with E-state index >= 15 is 0 Å². The molecule has 2 fully saturated rings. The van der Waals surface area contributed by atoms with Gasteiger partial charge in [0.2, 0.25) is 5.89 Å². The minimum absolute atomic E-state index is 0. The Balaban J connectivity index is 0.000000853. The number of halogens is 1. The van der Waals surface area contributed by atoms with Crippen LogP contribution in [0.2, 0.25) is 0 Å². The quantitative estimate of drug-likeness (QED) is 0.854. The van der Waals surface area contributed by atoms with Crippen molar-refractivity contribution in [2.45, 2.75) is 31.6 Å². The summed E-state index contributed by atoms with van der Waals surface area (Å²) in [5, 5.41) is 7.36. The molecule has 2 aliphatic rings. The molecule has 0 unspecified atom stereocenters. The lowest BCUT2D eigenvalue weighted by Crippen LogP contribution is -2.10. The molecule has 2 heterocycles. The molecule has 1 aromatic heterocycles. The Kier molecular flexibility index (Phi) is 3.26. The normalized spacial score (nSPS) is 25.2. The highest BCUT2D eigenvalue weighted by atomic mass is 35.5. The fourth-order valence-corrected chi connectivity index (χ4v) is 1.99. The van der Waals surface area contributed by atoms with Gasteiger partial charge in [0.1, 0.15) is 0 Å². The minimum atomic E-state index is 0. The van der Waals surface area contributed by atoms with Crippen molar-refractivity contribution in [1.29, 1.82) is 0 Å². The van der Waals surface area contributed by atoms with Crippen LogP contribution in [0.5, 0.6) is 0 Å². The summed E-state index contributed by atoms with van der Waals surface area (Å²) in [6, 6.07) is 0. The molecule has 1 aliphatic heterocycles. The third kappa shape index (κ3) is 2.49. The van der Waals surface area contributed by atoms with Gasteiger partial charge in [-0.3, -0.25) is 0 Å². The van der Waals surface area contributed by atoms with Crippen molar-refractivity contribution in [3.8, 4) is 0 Å². The third-order valence-electron chi connectivity index (χ3n) is 3.05. The van der Waals surface area contributed by atoms with Gasteiger partial charge in [-0.1, -0.05) is 5.16 Å². The maximum Gasteiger partial charge on any atom is 0.226 e. The SMILES string of the molecule is C1C[C@@H](Cc2nc(C3CC3)no2)CN1.Cl. The molecule has 1 aliphatic carbocycles. The van der Waals surface area contributed by atoms with Crippen molar-refractivity contribution in [2.75, 3.05) is 13.1 Å². The van der Waals surface area contributed by atoms with Gasteiger partial charge in [0.15, 0.2) is 5.82 Å². The zero-order valence-corrected chi connectivity index (χ0v) is 9.42. The molecule has 0 spiro atoms. The fourth-order valence-electron chi connectivity index (χ4n) is 1.99. The molecular weight excluding hydrogens is 214 g/mol. The van der Waals surface area contributed by atoms with Gasteiger partial charge in [-0.2, -0.15) is 4.98 Å². The predicted molar refractivity (Wildman–Crippen MR) is 58.2 cm³/mol. The van der Waals surface area contributed by atoms with Gasteiger partial charge >= 0.3 is 0 Å². The topological polar surface area (TPSA) is 51.0 Å². The van der Waals surface area contributed by atoms with Crippen LogP contribution < -0.4 is 5.32 Å². The van der Waals surface area contributed by atoms with Gasteiger partial charge < -0.3 is 9.84 Å². The smallest absolute Gasteiger partial charge is 0.226 e.